The maximum Gasteiger partial charge on any atom is 0.176 e. The number of hydrogen-bond acceptors (Lipinski definition) is 7. The highest BCUT2D eigenvalue weighted by molar-refractivity contribution is 9.10. The summed E-state index contributed by atoms with van der Waals surface area (Å²) in [7, 11) is 0. The van der Waals surface area contributed by atoms with Crippen LogP contribution in [0.3, 0.4) is 0 Å². The van der Waals surface area contributed by atoms with Crippen molar-refractivity contribution in [1.82, 2.24) is 10.3 Å². The summed E-state index contributed by atoms with van der Waals surface area (Å²) in [6.45, 7) is -0.230. The largest absolute Gasteiger partial charge is 0.484 e. The predicted octanol–water partition coefficient (Wildman–Crippen LogP) is 4.24. The van der Waals surface area contributed by atoms with E-state index in [1.54, 1.807) is 36.4 Å². The van der Waals surface area contributed by atoms with Crippen molar-refractivity contribution in [3.8, 4) is 5.75 Å². The van der Waals surface area contributed by atoms with Crippen molar-refractivity contribution < 1.29 is 23.8 Å². The smallest absolute Gasteiger partial charge is 0.176 e. The van der Waals surface area contributed by atoms with E-state index in [1.165, 1.54) is 6.07 Å². The first-order valence-electron chi connectivity index (χ1n) is 8.33. The Kier molecular flexibility index (Phi) is 6.95. The molecule has 1 heterocycles. The molecule has 3 rings (SSSR count). The number of halogens is 3. The average Bonchev–Trinajstić information content (AvgIpc) is 3.16. The average molecular weight is 483 g/mol. The first-order chi connectivity index (χ1) is 14.0. The number of rotatable bonds is 8. The lowest BCUT2D eigenvalue weighted by Crippen LogP contribution is -2.17. The van der Waals surface area contributed by atoms with E-state index in [4.69, 9.17) is 21.0 Å². The third-order valence-electron chi connectivity index (χ3n) is 3.90. The fraction of sp³-hybridized carbons (Fsp3) is 0.158. The molecule has 150 valence electrons. The minimum atomic E-state index is -0.413. The first kappa shape index (κ1) is 20.9. The summed E-state index contributed by atoms with van der Waals surface area (Å²) in [6, 6.07) is 11.2. The van der Waals surface area contributed by atoms with Crippen LogP contribution in [0.1, 0.15) is 17.0 Å². The molecule has 1 aromatic heterocycles. The Balaban J connectivity index is 1.68. The zero-order valence-corrected chi connectivity index (χ0v) is 17.2. The molecule has 0 unspecified atom stereocenters. The van der Waals surface area contributed by atoms with E-state index in [1.807, 2.05) is 0 Å². The van der Waals surface area contributed by atoms with Gasteiger partial charge in [-0.1, -0.05) is 40.1 Å². The Bertz CT molecular complexity index is 1060. The standard InChI is InChI=1S/C19H14BrClFN3O4/c20-13-7-11(5-6-15(13)22)8-16(23-27)19-17(24-29-25-19)9-12(26)10-28-18-4-2-1-3-14(18)21/h1-7,27H,8-10H2. The molecule has 0 saturated carbocycles. The van der Waals surface area contributed by atoms with Crippen LogP contribution in [0, 0.1) is 5.82 Å². The van der Waals surface area contributed by atoms with Crippen LogP contribution in [0.15, 0.2) is 56.7 Å². The topological polar surface area (TPSA) is 97.8 Å². The van der Waals surface area contributed by atoms with Crippen molar-refractivity contribution in [2.45, 2.75) is 12.8 Å². The van der Waals surface area contributed by atoms with Crippen molar-refractivity contribution in [2.75, 3.05) is 6.61 Å². The Morgan fingerprint density at radius 3 is 2.76 bits per heavy atom. The highest BCUT2D eigenvalue weighted by atomic mass is 79.9. The quantitative estimate of drug-likeness (QED) is 0.293. The summed E-state index contributed by atoms with van der Waals surface area (Å²) in [4.78, 5) is 12.3. The van der Waals surface area contributed by atoms with Crippen molar-refractivity contribution in [3.05, 3.63) is 74.7 Å². The number of hydrogen-bond donors (Lipinski definition) is 1. The lowest BCUT2D eigenvalue weighted by molar-refractivity contribution is -0.120. The molecule has 0 aliphatic carbocycles. The summed E-state index contributed by atoms with van der Waals surface area (Å²) in [5.41, 5.74) is 1.12. The summed E-state index contributed by atoms with van der Waals surface area (Å²) >= 11 is 9.09. The van der Waals surface area contributed by atoms with Gasteiger partial charge in [-0.05, 0) is 50.9 Å². The van der Waals surface area contributed by atoms with Crippen LogP contribution in [-0.4, -0.2) is 33.6 Å². The number of benzene rings is 2. The van der Waals surface area contributed by atoms with E-state index < -0.39 is 5.82 Å². The molecule has 0 saturated heterocycles. The van der Waals surface area contributed by atoms with Gasteiger partial charge in [-0.25, -0.2) is 9.02 Å². The Morgan fingerprint density at radius 2 is 2.03 bits per heavy atom. The molecular weight excluding hydrogens is 469 g/mol. The van der Waals surface area contributed by atoms with E-state index in [2.05, 4.69) is 31.4 Å². The van der Waals surface area contributed by atoms with Gasteiger partial charge in [-0.2, -0.15) is 0 Å². The molecule has 0 amide bonds. The van der Waals surface area contributed by atoms with Crippen LogP contribution in [0.4, 0.5) is 4.39 Å². The number of para-hydroxylation sites is 1. The predicted molar refractivity (Wildman–Crippen MR) is 106 cm³/mol. The molecule has 0 aliphatic rings. The van der Waals surface area contributed by atoms with Crippen LogP contribution < -0.4 is 4.74 Å². The molecular formula is C19H14BrClFN3O4. The number of aromatic nitrogens is 2. The third kappa shape index (κ3) is 5.39. The zero-order chi connectivity index (χ0) is 20.8. The normalized spacial score (nSPS) is 11.5. The summed E-state index contributed by atoms with van der Waals surface area (Å²) in [6.07, 6.45) is -0.0175. The molecule has 0 spiro atoms. The minimum absolute atomic E-state index is 0.125. The van der Waals surface area contributed by atoms with Crippen LogP contribution in [0.2, 0.25) is 5.02 Å². The maximum atomic E-state index is 13.4. The highest BCUT2D eigenvalue weighted by Gasteiger charge is 2.21. The van der Waals surface area contributed by atoms with Crippen LogP contribution in [-0.2, 0) is 17.6 Å². The van der Waals surface area contributed by atoms with Crippen molar-refractivity contribution in [2.24, 2.45) is 5.16 Å². The number of carbonyl (C=O) groups excluding carboxylic acids is 1. The zero-order valence-electron chi connectivity index (χ0n) is 14.8. The molecule has 0 aliphatic heterocycles. The fourth-order valence-corrected chi connectivity index (χ4v) is 3.13. The third-order valence-corrected chi connectivity index (χ3v) is 4.82. The number of oxime groups is 1. The second-order valence-electron chi connectivity index (χ2n) is 5.97. The molecule has 10 heteroatoms. The van der Waals surface area contributed by atoms with Gasteiger partial charge in [-0.3, -0.25) is 4.79 Å². The van der Waals surface area contributed by atoms with Gasteiger partial charge in [0.2, 0.25) is 0 Å². The van der Waals surface area contributed by atoms with E-state index >= 15 is 0 Å². The number of carbonyl (C=O) groups is 1. The number of nitrogens with zero attached hydrogens (tertiary/aromatic N) is 3. The van der Waals surface area contributed by atoms with Gasteiger partial charge in [0.05, 0.1) is 15.9 Å². The second kappa shape index (κ2) is 9.62. The lowest BCUT2D eigenvalue weighted by atomic mass is 10.0. The molecule has 0 bridgehead atoms. The molecule has 2 aromatic carbocycles. The Hall–Kier alpha value is -2.78. The SMILES string of the molecule is O=C(COc1ccccc1Cl)Cc1nonc1C(Cc1ccc(F)c(Br)c1)=NO. The summed E-state index contributed by atoms with van der Waals surface area (Å²) in [5, 5.41) is 20.5. The summed E-state index contributed by atoms with van der Waals surface area (Å²) < 4.78 is 23.8. The maximum absolute atomic E-state index is 13.4. The molecule has 1 N–H and O–H groups in total. The van der Waals surface area contributed by atoms with E-state index in [-0.39, 0.29) is 46.8 Å². The Morgan fingerprint density at radius 1 is 1.24 bits per heavy atom. The van der Waals surface area contributed by atoms with Crippen molar-refractivity contribution in [3.63, 3.8) is 0 Å². The van der Waals surface area contributed by atoms with Gasteiger partial charge in [0, 0.05) is 6.42 Å². The van der Waals surface area contributed by atoms with E-state index in [0.29, 0.717) is 16.3 Å². The van der Waals surface area contributed by atoms with Crippen LogP contribution in [0.25, 0.3) is 0 Å². The van der Waals surface area contributed by atoms with Gasteiger partial charge in [0.25, 0.3) is 0 Å². The molecule has 0 radical (unpaired) electrons. The number of Topliss-reactive ketones (excluding diaryl/α,β-unsaturated/α-hetero) is 1. The molecule has 29 heavy (non-hydrogen) atoms. The van der Waals surface area contributed by atoms with Gasteiger partial charge in [0.15, 0.2) is 11.5 Å². The van der Waals surface area contributed by atoms with Crippen LogP contribution >= 0.6 is 27.5 Å². The van der Waals surface area contributed by atoms with Crippen LogP contribution in [0.5, 0.6) is 5.75 Å². The number of ketones is 1. The van der Waals surface area contributed by atoms with E-state index in [0.717, 1.165) is 0 Å². The molecule has 0 atom stereocenters. The van der Waals surface area contributed by atoms with Crippen molar-refractivity contribution >= 4 is 39.0 Å². The minimum Gasteiger partial charge on any atom is -0.484 e. The van der Waals surface area contributed by atoms with Crippen molar-refractivity contribution in [1.29, 1.82) is 0 Å². The first-order valence-corrected chi connectivity index (χ1v) is 9.50. The monoisotopic (exact) mass is 481 g/mol. The van der Waals surface area contributed by atoms with Gasteiger partial charge >= 0.3 is 0 Å². The molecule has 7 nitrogen and oxygen atoms in total. The summed E-state index contributed by atoms with van der Waals surface area (Å²) in [5.74, 6) is -0.326. The van der Waals surface area contributed by atoms with E-state index in [9.17, 15) is 14.4 Å². The highest BCUT2D eigenvalue weighted by Crippen LogP contribution is 2.23. The second-order valence-corrected chi connectivity index (χ2v) is 7.23. The number of ether oxygens (including phenoxy) is 1. The van der Waals surface area contributed by atoms with Gasteiger partial charge in [0.1, 0.15) is 29.6 Å². The van der Waals surface area contributed by atoms with Gasteiger partial charge < -0.3 is 9.94 Å². The Labute approximate surface area is 178 Å². The fourth-order valence-electron chi connectivity index (χ4n) is 2.51. The van der Waals surface area contributed by atoms with Gasteiger partial charge in [-0.15, -0.1) is 0 Å². The lowest BCUT2D eigenvalue weighted by Gasteiger charge is -2.07. The molecule has 3 aromatic rings. The molecule has 0 fully saturated rings.